The molecular formula is C17H13ClFN3O2. The molecule has 1 heterocycles. The van der Waals surface area contributed by atoms with E-state index in [4.69, 9.17) is 16.3 Å². The van der Waals surface area contributed by atoms with Crippen LogP contribution in [0.25, 0.3) is 5.69 Å². The molecule has 7 heteroatoms. The number of nitrogens with zero attached hydrogens (tertiary/aromatic N) is 3. The zero-order valence-corrected chi connectivity index (χ0v) is 13.5. The molecule has 0 spiro atoms. The molecular weight excluding hydrogens is 333 g/mol. The van der Waals surface area contributed by atoms with Gasteiger partial charge in [-0.1, -0.05) is 35.0 Å². The third-order valence-electron chi connectivity index (χ3n) is 3.48. The van der Waals surface area contributed by atoms with Gasteiger partial charge in [0.1, 0.15) is 12.4 Å². The van der Waals surface area contributed by atoms with Crippen LogP contribution in [0.2, 0.25) is 5.02 Å². The van der Waals surface area contributed by atoms with Crippen LogP contribution in [-0.4, -0.2) is 21.0 Å². The number of carbonyl (C=O) groups is 1. The van der Waals surface area contributed by atoms with E-state index in [1.807, 2.05) is 6.07 Å². The van der Waals surface area contributed by atoms with Crippen molar-refractivity contribution in [3.63, 3.8) is 0 Å². The third kappa shape index (κ3) is 3.28. The Hall–Kier alpha value is -2.73. The maximum atomic E-state index is 13.0. The molecule has 0 aliphatic carbocycles. The molecule has 3 aromatic rings. The van der Waals surface area contributed by atoms with Crippen LogP contribution in [0.1, 0.15) is 21.7 Å². The van der Waals surface area contributed by atoms with Gasteiger partial charge in [0.25, 0.3) is 0 Å². The summed E-state index contributed by atoms with van der Waals surface area (Å²) in [6.07, 6.45) is 0. The van der Waals surface area contributed by atoms with Gasteiger partial charge in [-0.2, -0.15) is 0 Å². The Morgan fingerprint density at radius 1 is 1.21 bits per heavy atom. The summed E-state index contributed by atoms with van der Waals surface area (Å²) in [5.41, 5.74) is 1.92. The van der Waals surface area contributed by atoms with E-state index >= 15 is 0 Å². The van der Waals surface area contributed by atoms with Crippen molar-refractivity contribution in [1.29, 1.82) is 0 Å². The second kappa shape index (κ2) is 6.80. The van der Waals surface area contributed by atoms with Crippen LogP contribution in [0.5, 0.6) is 0 Å². The van der Waals surface area contributed by atoms with Gasteiger partial charge in [-0.3, -0.25) is 0 Å². The molecule has 0 unspecified atom stereocenters. The molecule has 1 aromatic heterocycles. The molecule has 0 aliphatic rings. The predicted octanol–water partition coefficient (Wildman–Crippen LogP) is 3.73. The highest BCUT2D eigenvalue weighted by Crippen LogP contribution is 2.18. The van der Waals surface area contributed by atoms with E-state index in [9.17, 15) is 9.18 Å². The maximum Gasteiger partial charge on any atom is 0.361 e. The number of hydrogen-bond acceptors (Lipinski definition) is 4. The van der Waals surface area contributed by atoms with Crippen molar-refractivity contribution >= 4 is 17.6 Å². The molecule has 0 fully saturated rings. The highest BCUT2D eigenvalue weighted by atomic mass is 35.5. The lowest BCUT2D eigenvalue weighted by Crippen LogP contribution is -2.08. The molecule has 0 N–H and O–H groups in total. The molecule has 0 aliphatic heterocycles. The van der Waals surface area contributed by atoms with Gasteiger partial charge in [0.05, 0.1) is 11.4 Å². The second-order valence-electron chi connectivity index (χ2n) is 5.08. The minimum Gasteiger partial charge on any atom is -0.456 e. The maximum absolute atomic E-state index is 13.0. The average molecular weight is 346 g/mol. The Bertz CT molecular complexity index is 878. The van der Waals surface area contributed by atoms with Crippen LogP contribution < -0.4 is 0 Å². The molecule has 2 aromatic carbocycles. The molecule has 3 rings (SSSR count). The highest BCUT2D eigenvalue weighted by molar-refractivity contribution is 6.31. The quantitative estimate of drug-likeness (QED) is 0.676. The first kappa shape index (κ1) is 16.1. The SMILES string of the molecule is Cc1c(C(=O)OCc2ccccc2Cl)nnn1-c1ccc(F)cc1. The van der Waals surface area contributed by atoms with E-state index in [1.165, 1.54) is 16.8 Å². The summed E-state index contributed by atoms with van der Waals surface area (Å²) >= 11 is 6.03. The van der Waals surface area contributed by atoms with Crippen molar-refractivity contribution in [2.75, 3.05) is 0 Å². The van der Waals surface area contributed by atoms with Crippen LogP contribution in [0.15, 0.2) is 48.5 Å². The fourth-order valence-corrected chi connectivity index (χ4v) is 2.36. The zero-order chi connectivity index (χ0) is 17.1. The summed E-state index contributed by atoms with van der Waals surface area (Å²) in [6, 6.07) is 12.8. The van der Waals surface area contributed by atoms with Gasteiger partial charge in [-0.05, 0) is 37.3 Å². The largest absolute Gasteiger partial charge is 0.456 e. The Balaban J connectivity index is 1.76. The summed E-state index contributed by atoms with van der Waals surface area (Å²) < 4.78 is 19.7. The first-order chi connectivity index (χ1) is 11.6. The fraction of sp³-hybridized carbons (Fsp3) is 0.118. The molecule has 0 atom stereocenters. The normalized spacial score (nSPS) is 10.6. The monoisotopic (exact) mass is 345 g/mol. The lowest BCUT2D eigenvalue weighted by molar-refractivity contribution is 0.0465. The number of aromatic nitrogens is 3. The molecule has 5 nitrogen and oxygen atoms in total. The van der Waals surface area contributed by atoms with Crippen LogP contribution in [0, 0.1) is 12.7 Å². The van der Waals surface area contributed by atoms with E-state index in [0.29, 0.717) is 22.0 Å². The van der Waals surface area contributed by atoms with E-state index in [1.54, 1.807) is 37.3 Å². The Morgan fingerprint density at radius 2 is 1.92 bits per heavy atom. The molecule has 122 valence electrons. The summed E-state index contributed by atoms with van der Waals surface area (Å²) in [6.45, 7) is 1.73. The van der Waals surface area contributed by atoms with Gasteiger partial charge < -0.3 is 4.74 Å². The second-order valence-corrected chi connectivity index (χ2v) is 5.49. The molecule has 0 amide bonds. The fourth-order valence-electron chi connectivity index (χ4n) is 2.17. The minimum absolute atomic E-state index is 0.0430. The van der Waals surface area contributed by atoms with E-state index in [-0.39, 0.29) is 18.1 Å². The van der Waals surface area contributed by atoms with Gasteiger partial charge in [-0.25, -0.2) is 13.9 Å². The summed E-state index contributed by atoms with van der Waals surface area (Å²) in [4.78, 5) is 12.2. The molecule has 0 saturated carbocycles. The Labute approximate surface area is 142 Å². The third-order valence-corrected chi connectivity index (χ3v) is 3.84. The smallest absolute Gasteiger partial charge is 0.361 e. The van der Waals surface area contributed by atoms with Crippen LogP contribution in [0.4, 0.5) is 4.39 Å². The van der Waals surface area contributed by atoms with Crippen molar-refractivity contribution < 1.29 is 13.9 Å². The highest BCUT2D eigenvalue weighted by Gasteiger charge is 2.19. The van der Waals surface area contributed by atoms with Gasteiger partial charge in [0, 0.05) is 10.6 Å². The van der Waals surface area contributed by atoms with Gasteiger partial charge in [0.2, 0.25) is 0 Å². The van der Waals surface area contributed by atoms with Crippen molar-refractivity contribution in [1.82, 2.24) is 15.0 Å². The Kier molecular flexibility index (Phi) is 4.57. The number of hydrogen-bond donors (Lipinski definition) is 0. The predicted molar refractivity (Wildman–Crippen MR) is 86.6 cm³/mol. The lowest BCUT2D eigenvalue weighted by atomic mass is 10.2. The zero-order valence-electron chi connectivity index (χ0n) is 12.7. The first-order valence-electron chi connectivity index (χ1n) is 7.15. The standard InChI is InChI=1S/C17H13ClFN3O2/c1-11-16(17(23)24-10-12-4-2-3-5-15(12)18)20-21-22(11)14-8-6-13(19)7-9-14/h2-9H,10H2,1H3. The number of ether oxygens (including phenoxy) is 1. The summed E-state index contributed by atoms with van der Waals surface area (Å²) in [7, 11) is 0. The lowest BCUT2D eigenvalue weighted by Gasteiger charge is -2.06. The van der Waals surface area contributed by atoms with Crippen molar-refractivity contribution in [2.45, 2.75) is 13.5 Å². The summed E-state index contributed by atoms with van der Waals surface area (Å²) in [5, 5.41) is 8.31. The molecule has 0 saturated heterocycles. The molecule has 24 heavy (non-hydrogen) atoms. The van der Waals surface area contributed by atoms with Gasteiger partial charge in [-0.15, -0.1) is 5.10 Å². The number of benzene rings is 2. The van der Waals surface area contributed by atoms with Gasteiger partial charge >= 0.3 is 5.97 Å². The Morgan fingerprint density at radius 3 is 2.62 bits per heavy atom. The number of esters is 1. The van der Waals surface area contributed by atoms with E-state index < -0.39 is 5.97 Å². The van der Waals surface area contributed by atoms with Crippen molar-refractivity contribution in [3.05, 3.63) is 76.3 Å². The number of carbonyl (C=O) groups excluding carboxylic acids is 1. The van der Waals surface area contributed by atoms with Crippen LogP contribution >= 0.6 is 11.6 Å². The minimum atomic E-state index is -0.596. The van der Waals surface area contributed by atoms with Crippen LogP contribution in [-0.2, 0) is 11.3 Å². The first-order valence-corrected chi connectivity index (χ1v) is 7.53. The van der Waals surface area contributed by atoms with Crippen molar-refractivity contribution in [3.8, 4) is 5.69 Å². The molecule has 0 bridgehead atoms. The van der Waals surface area contributed by atoms with Crippen molar-refractivity contribution in [2.24, 2.45) is 0 Å². The van der Waals surface area contributed by atoms with E-state index in [0.717, 1.165) is 0 Å². The van der Waals surface area contributed by atoms with Crippen LogP contribution in [0.3, 0.4) is 0 Å². The molecule has 0 radical (unpaired) electrons. The topological polar surface area (TPSA) is 57.0 Å². The van der Waals surface area contributed by atoms with Gasteiger partial charge in [0.15, 0.2) is 5.69 Å². The van der Waals surface area contributed by atoms with E-state index in [2.05, 4.69) is 10.3 Å². The number of rotatable bonds is 4. The average Bonchev–Trinajstić information content (AvgIpc) is 2.96. The summed E-state index contributed by atoms with van der Waals surface area (Å²) in [5.74, 6) is -0.948. The number of halogens is 2.